The molecule has 0 aliphatic carbocycles. The summed E-state index contributed by atoms with van der Waals surface area (Å²) >= 11 is 0. The summed E-state index contributed by atoms with van der Waals surface area (Å²) in [6, 6.07) is -2.18. The predicted molar refractivity (Wildman–Crippen MR) is 86.8 cm³/mol. The first-order valence-corrected chi connectivity index (χ1v) is 8.02. The van der Waals surface area contributed by atoms with Gasteiger partial charge in [-0.05, 0) is 39.2 Å². The number of carbonyl (C=O) groups is 3. The molecule has 2 unspecified atom stereocenters. The van der Waals surface area contributed by atoms with Crippen LogP contribution in [0.1, 0.15) is 30.7 Å². The van der Waals surface area contributed by atoms with Gasteiger partial charge in [0, 0.05) is 0 Å². The zero-order chi connectivity index (χ0) is 18.8. The summed E-state index contributed by atoms with van der Waals surface area (Å²) in [6.07, 6.45) is 2.78. The van der Waals surface area contributed by atoms with Crippen LogP contribution < -0.4 is 32.2 Å². The molecule has 0 aliphatic heterocycles. The van der Waals surface area contributed by atoms with Gasteiger partial charge in [-0.15, -0.1) is 0 Å². The molecule has 11 heteroatoms. The number of carboxylic acids is 1. The molecule has 0 fully saturated rings. The Morgan fingerprint density at radius 1 is 1.23 bits per heavy atom. The van der Waals surface area contributed by atoms with Crippen molar-refractivity contribution in [3.05, 3.63) is 17.7 Å². The van der Waals surface area contributed by atoms with E-state index in [2.05, 4.69) is 20.6 Å². The first-order chi connectivity index (χ1) is 11.9. The molecule has 1 aromatic heterocycles. The molecule has 6 N–H and O–H groups in total. The average molecular weight is 416 g/mol. The maximum atomic E-state index is 12.4. The number of nitrogens with two attached hydrogens (primary N) is 2. The minimum absolute atomic E-state index is 0. The Labute approximate surface area is 162 Å². The van der Waals surface area contributed by atoms with E-state index in [9.17, 15) is 19.5 Å². The molecule has 0 aliphatic rings. The third kappa shape index (κ3) is 7.96. The maximum absolute atomic E-state index is 12.4. The fourth-order valence-corrected chi connectivity index (χ4v) is 2.22. The van der Waals surface area contributed by atoms with Crippen molar-refractivity contribution in [1.82, 2.24) is 20.6 Å². The number of hydrogen-bond acceptors (Lipinski definition) is 7. The molecular weight excluding hydrogens is 392 g/mol. The summed E-state index contributed by atoms with van der Waals surface area (Å²) in [6.45, 7) is 1.85. The second-order valence-corrected chi connectivity index (χ2v) is 5.60. The molecule has 0 bridgehead atoms. The van der Waals surface area contributed by atoms with Gasteiger partial charge >= 0.3 is 17.1 Å². The standard InChI is InChI=1S/C15H26N6O4.Cu/c1-9-11(19-8-18-9)6-12(20-13(22)7-17)14(23)21-10(15(24)25)4-2-3-5-16;/h8,10,12H,2-7,16-17H2,1H3,(H4,18,19,20,21,22,23,24,25);/q;+2/p-2. The van der Waals surface area contributed by atoms with Crippen molar-refractivity contribution in [3.8, 4) is 0 Å². The van der Waals surface area contributed by atoms with Crippen LogP contribution in [0.15, 0.2) is 6.33 Å². The second kappa shape index (κ2) is 12.4. The van der Waals surface area contributed by atoms with Crippen molar-refractivity contribution in [1.29, 1.82) is 0 Å². The number of imidazole rings is 1. The molecule has 1 aromatic rings. The Balaban J connectivity index is 0.00000625. The molecule has 0 saturated carbocycles. The van der Waals surface area contributed by atoms with Crippen LogP contribution >= 0.6 is 0 Å². The quantitative estimate of drug-likeness (QED) is 0.214. The summed E-state index contributed by atoms with van der Waals surface area (Å²) < 4.78 is 0. The average Bonchev–Trinajstić information content (AvgIpc) is 2.97. The molecule has 2 atom stereocenters. The summed E-state index contributed by atoms with van der Waals surface area (Å²) in [7, 11) is 0. The third-order valence-electron chi connectivity index (χ3n) is 3.67. The number of aryl methyl sites for hydroxylation is 1. The number of amides is 2. The molecule has 149 valence electrons. The summed E-state index contributed by atoms with van der Waals surface area (Å²) in [5.74, 6) is -2.57. The van der Waals surface area contributed by atoms with E-state index in [1.165, 1.54) is 6.33 Å². The van der Waals surface area contributed by atoms with Gasteiger partial charge in [-0.3, -0.25) is 9.59 Å². The molecule has 0 spiro atoms. The number of aromatic nitrogens is 2. The Kier molecular flexibility index (Phi) is 11.5. The number of rotatable bonds is 11. The van der Waals surface area contributed by atoms with Gasteiger partial charge in [-0.2, -0.15) is 0 Å². The zero-order valence-electron chi connectivity index (χ0n) is 14.5. The van der Waals surface area contributed by atoms with E-state index < -0.39 is 29.9 Å². The number of carbonyl (C=O) groups excluding carboxylic acids is 3. The number of aliphatic carboxylic acids is 1. The Morgan fingerprint density at radius 2 is 1.92 bits per heavy atom. The van der Waals surface area contributed by atoms with Crippen LogP contribution in [-0.4, -0.2) is 47.9 Å². The van der Waals surface area contributed by atoms with Crippen LogP contribution in [0, 0.1) is 6.92 Å². The van der Waals surface area contributed by atoms with Crippen molar-refractivity contribution in [2.24, 2.45) is 11.5 Å². The van der Waals surface area contributed by atoms with Crippen LogP contribution in [0.25, 0.3) is 0 Å². The van der Waals surface area contributed by atoms with Gasteiger partial charge in [-0.25, -0.2) is 0 Å². The van der Waals surface area contributed by atoms with Crippen molar-refractivity contribution in [2.45, 2.75) is 44.7 Å². The van der Waals surface area contributed by atoms with Gasteiger partial charge in [0.05, 0.1) is 18.6 Å². The minimum Gasteiger partial charge on any atom is -0.548 e. The van der Waals surface area contributed by atoms with Crippen molar-refractivity contribution < 1.29 is 36.6 Å². The fourth-order valence-electron chi connectivity index (χ4n) is 2.22. The van der Waals surface area contributed by atoms with E-state index in [0.29, 0.717) is 30.8 Å². The number of nitrogens with zero attached hydrogens (tertiary/aromatic N) is 2. The van der Waals surface area contributed by atoms with Gasteiger partial charge in [-0.1, -0.05) is 17.7 Å². The van der Waals surface area contributed by atoms with Crippen LogP contribution in [0.3, 0.4) is 0 Å². The molecule has 1 heterocycles. The Hall–Kier alpha value is -1.94. The molecule has 0 aromatic carbocycles. The Bertz CT molecular complexity index is 594. The van der Waals surface area contributed by atoms with E-state index in [1.54, 1.807) is 6.92 Å². The topological polar surface area (TPSA) is 177 Å². The number of carboxylic acid groups (broad SMARTS) is 1. The molecule has 10 nitrogen and oxygen atoms in total. The van der Waals surface area contributed by atoms with Crippen molar-refractivity contribution in [2.75, 3.05) is 13.1 Å². The first kappa shape index (κ1) is 24.1. The van der Waals surface area contributed by atoms with E-state index in [-0.39, 0.29) is 36.5 Å². The number of nitrogens with one attached hydrogen (secondary N) is 2. The smallest absolute Gasteiger partial charge is 0.548 e. The zero-order valence-corrected chi connectivity index (χ0v) is 15.4. The van der Waals surface area contributed by atoms with Gasteiger partial charge in [0.25, 0.3) is 0 Å². The van der Waals surface area contributed by atoms with Crippen molar-refractivity contribution >= 4 is 17.8 Å². The largest absolute Gasteiger partial charge is 2.00 e. The van der Waals surface area contributed by atoms with Crippen molar-refractivity contribution in [3.63, 3.8) is 0 Å². The van der Waals surface area contributed by atoms with Gasteiger partial charge in [0.2, 0.25) is 11.8 Å². The monoisotopic (exact) mass is 415 g/mol. The SMILES string of the molecule is Cc1nc[n-]c1CC(NC(=O)CN)C(=O)NC(CCCCN)C(=O)[O-].[Cu+2]. The first-order valence-electron chi connectivity index (χ1n) is 8.02. The number of unbranched alkanes of at least 4 members (excludes halogenated alkanes) is 1. The van der Waals surface area contributed by atoms with Gasteiger partial charge in [0.15, 0.2) is 0 Å². The van der Waals surface area contributed by atoms with E-state index >= 15 is 0 Å². The van der Waals surface area contributed by atoms with Gasteiger partial charge < -0.3 is 42.0 Å². The summed E-state index contributed by atoms with van der Waals surface area (Å²) in [4.78, 5) is 43.2. The number of hydrogen-bond donors (Lipinski definition) is 4. The Morgan fingerprint density at radius 3 is 2.42 bits per heavy atom. The van der Waals surface area contributed by atoms with Crippen LogP contribution in [-0.2, 0) is 37.9 Å². The second-order valence-electron chi connectivity index (χ2n) is 5.60. The van der Waals surface area contributed by atoms with E-state index in [1.807, 2.05) is 0 Å². The van der Waals surface area contributed by atoms with Crippen LogP contribution in [0.2, 0.25) is 0 Å². The maximum Gasteiger partial charge on any atom is 2.00 e. The van der Waals surface area contributed by atoms with Crippen LogP contribution in [0.5, 0.6) is 0 Å². The summed E-state index contributed by atoms with van der Waals surface area (Å²) in [5.41, 5.74) is 11.8. The third-order valence-corrected chi connectivity index (χ3v) is 3.67. The molecular formula is C15H24CuN6O4. The van der Waals surface area contributed by atoms with Gasteiger partial charge in [0.1, 0.15) is 6.04 Å². The molecule has 0 saturated heterocycles. The molecule has 26 heavy (non-hydrogen) atoms. The fraction of sp³-hybridized carbons (Fsp3) is 0.600. The van der Waals surface area contributed by atoms with E-state index in [0.717, 1.165) is 0 Å². The van der Waals surface area contributed by atoms with Crippen LogP contribution in [0.4, 0.5) is 0 Å². The predicted octanol–water partition coefficient (Wildman–Crippen LogP) is -3.31. The normalized spacial score (nSPS) is 12.6. The molecule has 1 radical (unpaired) electrons. The summed E-state index contributed by atoms with van der Waals surface area (Å²) in [5, 5.41) is 16.1. The van der Waals surface area contributed by atoms with E-state index in [4.69, 9.17) is 11.5 Å². The minimum atomic E-state index is -1.39. The molecule has 2 amide bonds. The molecule has 1 rings (SSSR count).